The number of phenols is 1. The molecule has 2 heteroatoms. The highest BCUT2D eigenvalue weighted by molar-refractivity contribution is 5.87. The molecule has 2 nitrogen and oxygen atoms in total. The Kier molecular flexibility index (Phi) is 3.29. The third kappa shape index (κ3) is 2.07. The lowest BCUT2D eigenvalue weighted by molar-refractivity contribution is -0.715. The molecule has 0 radical (unpaired) electrons. The van der Waals surface area contributed by atoms with Crippen molar-refractivity contribution in [3.8, 4) is 5.75 Å². The minimum atomic E-state index is 0.396. The Labute approximate surface area is 109 Å². The smallest absolute Gasteiger partial charge is 0.177 e. The number of benzene rings is 1. The van der Waals surface area contributed by atoms with Gasteiger partial charge < -0.3 is 5.11 Å². The van der Waals surface area contributed by atoms with Crippen LogP contribution in [0.1, 0.15) is 50.8 Å². The van der Waals surface area contributed by atoms with E-state index >= 15 is 0 Å². The summed E-state index contributed by atoms with van der Waals surface area (Å²) in [5.74, 6) is 0.808. The molecule has 1 aromatic heterocycles. The Bertz CT molecular complexity index is 585. The van der Waals surface area contributed by atoms with Crippen molar-refractivity contribution in [3.63, 3.8) is 0 Å². The van der Waals surface area contributed by atoms with Gasteiger partial charge >= 0.3 is 0 Å². The predicted molar refractivity (Wildman–Crippen MR) is 75.0 cm³/mol. The molecule has 96 valence electrons. The monoisotopic (exact) mass is 244 g/mol. The van der Waals surface area contributed by atoms with Crippen molar-refractivity contribution in [1.82, 2.24) is 0 Å². The Hall–Kier alpha value is -1.57. The third-order valence-electron chi connectivity index (χ3n) is 3.56. The normalized spacial score (nSPS) is 11.7. The summed E-state index contributed by atoms with van der Waals surface area (Å²) in [4.78, 5) is 0. The minimum absolute atomic E-state index is 0.396. The second-order valence-electron chi connectivity index (χ2n) is 5.58. The number of phenolic OH excluding ortho intramolecular Hbond substituents is 1. The van der Waals surface area contributed by atoms with Crippen molar-refractivity contribution >= 4 is 10.8 Å². The molecule has 2 rings (SSSR count). The molecule has 0 atom stereocenters. The zero-order valence-electron chi connectivity index (χ0n) is 11.9. The molecular weight excluding hydrogens is 222 g/mol. The van der Waals surface area contributed by atoms with Gasteiger partial charge in [-0.25, -0.2) is 4.57 Å². The van der Waals surface area contributed by atoms with Crippen LogP contribution in [0.25, 0.3) is 10.8 Å². The molecule has 0 unspecified atom stereocenters. The van der Waals surface area contributed by atoms with Gasteiger partial charge in [-0.1, -0.05) is 13.8 Å². The summed E-state index contributed by atoms with van der Waals surface area (Å²) in [5.41, 5.74) is 2.25. The molecule has 0 aliphatic heterocycles. The molecular formula is C16H22NO+. The second kappa shape index (κ2) is 4.60. The molecule has 2 aromatic rings. The minimum Gasteiger partial charge on any atom is -0.508 e. The molecule has 0 saturated heterocycles. The molecule has 0 saturated carbocycles. The van der Waals surface area contributed by atoms with Gasteiger partial charge in [-0.2, -0.15) is 0 Å². The maximum atomic E-state index is 10.1. The van der Waals surface area contributed by atoms with Gasteiger partial charge in [0.1, 0.15) is 5.75 Å². The summed E-state index contributed by atoms with van der Waals surface area (Å²) in [6.07, 6.45) is 4.24. The fraction of sp³-hybridized carbons (Fsp3) is 0.438. The van der Waals surface area contributed by atoms with Gasteiger partial charge in [-0.3, -0.25) is 0 Å². The number of hydrogen-bond acceptors (Lipinski definition) is 1. The van der Waals surface area contributed by atoms with Crippen LogP contribution in [-0.4, -0.2) is 5.11 Å². The highest BCUT2D eigenvalue weighted by Gasteiger charge is 2.15. The maximum absolute atomic E-state index is 10.1. The van der Waals surface area contributed by atoms with Crippen molar-refractivity contribution in [2.75, 3.05) is 0 Å². The van der Waals surface area contributed by atoms with Crippen molar-refractivity contribution < 1.29 is 9.67 Å². The number of hydrogen-bond donors (Lipinski definition) is 1. The van der Waals surface area contributed by atoms with Gasteiger partial charge in [0.05, 0.1) is 0 Å². The number of aromatic nitrogens is 1. The van der Waals surface area contributed by atoms with Gasteiger partial charge in [0, 0.05) is 11.5 Å². The molecule has 1 aromatic carbocycles. The van der Waals surface area contributed by atoms with E-state index in [-0.39, 0.29) is 0 Å². The summed E-state index contributed by atoms with van der Waals surface area (Å²) in [6.45, 7) is 10.6. The maximum Gasteiger partial charge on any atom is 0.177 e. The van der Waals surface area contributed by atoms with Crippen LogP contribution in [0.3, 0.4) is 0 Å². The standard InChI is InChI=1S/C16H21NO/c1-10(2)16-12(5)15(18)8-13-9-17(11(3)4)7-6-14(13)16/h6-11H,1-5H3/p+1. The van der Waals surface area contributed by atoms with Crippen LogP contribution in [0.15, 0.2) is 24.5 Å². The summed E-state index contributed by atoms with van der Waals surface area (Å²) in [7, 11) is 0. The van der Waals surface area contributed by atoms with Gasteiger partial charge in [-0.15, -0.1) is 0 Å². The zero-order chi connectivity index (χ0) is 13.4. The van der Waals surface area contributed by atoms with Crippen molar-refractivity contribution in [2.45, 2.75) is 46.6 Å². The van der Waals surface area contributed by atoms with Crippen LogP contribution in [0, 0.1) is 6.92 Å². The number of pyridine rings is 1. The number of rotatable bonds is 2. The van der Waals surface area contributed by atoms with Gasteiger partial charge in [-0.05, 0) is 49.3 Å². The Morgan fingerprint density at radius 1 is 1.17 bits per heavy atom. The van der Waals surface area contributed by atoms with E-state index in [0.717, 1.165) is 10.9 Å². The van der Waals surface area contributed by atoms with Gasteiger partial charge in [0.25, 0.3) is 0 Å². The molecule has 0 spiro atoms. The Balaban J connectivity index is 2.79. The zero-order valence-corrected chi connectivity index (χ0v) is 11.9. The van der Waals surface area contributed by atoms with E-state index < -0.39 is 0 Å². The van der Waals surface area contributed by atoms with E-state index in [2.05, 4.69) is 50.7 Å². The topological polar surface area (TPSA) is 24.1 Å². The summed E-state index contributed by atoms with van der Waals surface area (Å²) in [6, 6.07) is 4.47. The van der Waals surface area contributed by atoms with E-state index in [4.69, 9.17) is 0 Å². The van der Waals surface area contributed by atoms with E-state index in [0.29, 0.717) is 17.7 Å². The first-order valence-corrected chi connectivity index (χ1v) is 6.58. The Morgan fingerprint density at radius 2 is 1.83 bits per heavy atom. The van der Waals surface area contributed by atoms with Crippen molar-refractivity contribution in [2.24, 2.45) is 0 Å². The lowest BCUT2D eigenvalue weighted by Crippen LogP contribution is -2.35. The quantitative estimate of drug-likeness (QED) is 0.797. The summed E-state index contributed by atoms with van der Waals surface area (Å²) >= 11 is 0. The van der Waals surface area contributed by atoms with Crippen LogP contribution in [0.2, 0.25) is 0 Å². The van der Waals surface area contributed by atoms with Gasteiger partial charge in [0.2, 0.25) is 0 Å². The molecule has 0 amide bonds. The average Bonchev–Trinajstić information content (AvgIpc) is 2.29. The second-order valence-corrected chi connectivity index (χ2v) is 5.58. The third-order valence-corrected chi connectivity index (χ3v) is 3.56. The van der Waals surface area contributed by atoms with E-state index in [9.17, 15) is 5.11 Å². The molecule has 0 bridgehead atoms. The van der Waals surface area contributed by atoms with E-state index in [1.54, 1.807) is 0 Å². The first-order valence-electron chi connectivity index (χ1n) is 6.58. The molecule has 0 aliphatic rings. The van der Waals surface area contributed by atoms with Crippen molar-refractivity contribution in [3.05, 3.63) is 35.7 Å². The average molecular weight is 244 g/mol. The SMILES string of the molecule is Cc1c(O)cc2c[n+](C(C)C)ccc2c1C(C)C. The van der Waals surface area contributed by atoms with Gasteiger partial charge in [0.15, 0.2) is 18.4 Å². The highest BCUT2D eigenvalue weighted by Crippen LogP contribution is 2.33. The van der Waals surface area contributed by atoms with Crippen molar-refractivity contribution in [1.29, 1.82) is 0 Å². The van der Waals surface area contributed by atoms with Crippen LogP contribution >= 0.6 is 0 Å². The summed E-state index contributed by atoms with van der Waals surface area (Å²) in [5, 5.41) is 12.4. The number of fused-ring (bicyclic) bond motifs is 1. The van der Waals surface area contributed by atoms with Crippen LogP contribution in [0.5, 0.6) is 5.75 Å². The molecule has 1 heterocycles. The number of aromatic hydroxyl groups is 1. The fourth-order valence-corrected chi connectivity index (χ4v) is 2.55. The van der Waals surface area contributed by atoms with Crippen LogP contribution in [-0.2, 0) is 0 Å². The molecule has 18 heavy (non-hydrogen) atoms. The molecule has 0 aliphatic carbocycles. The predicted octanol–water partition coefficient (Wildman–Crippen LogP) is 3.85. The highest BCUT2D eigenvalue weighted by atomic mass is 16.3. The Morgan fingerprint density at radius 3 is 2.39 bits per heavy atom. The van der Waals surface area contributed by atoms with E-state index in [1.807, 2.05) is 13.0 Å². The van der Waals surface area contributed by atoms with Crippen LogP contribution < -0.4 is 4.57 Å². The first-order chi connectivity index (χ1) is 8.41. The lowest BCUT2D eigenvalue weighted by Gasteiger charge is -2.15. The number of nitrogens with zero attached hydrogens (tertiary/aromatic N) is 1. The lowest BCUT2D eigenvalue weighted by atomic mass is 9.92. The van der Waals surface area contributed by atoms with Crippen LogP contribution in [0.4, 0.5) is 0 Å². The molecule has 0 fully saturated rings. The first kappa shape index (κ1) is 12.9. The molecule has 1 N–H and O–H groups in total. The largest absolute Gasteiger partial charge is 0.508 e. The fourth-order valence-electron chi connectivity index (χ4n) is 2.55. The summed E-state index contributed by atoms with van der Waals surface area (Å²) < 4.78 is 2.17. The van der Waals surface area contributed by atoms with E-state index in [1.165, 1.54) is 10.9 Å².